The Morgan fingerprint density at radius 3 is 2.60 bits per heavy atom. The van der Waals surface area contributed by atoms with E-state index in [-0.39, 0.29) is 5.78 Å². The van der Waals surface area contributed by atoms with Crippen LogP contribution in [-0.4, -0.2) is 38.2 Å². The molecule has 0 aromatic heterocycles. The van der Waals surface area contributed by atoms with Gasteiger partial charge >= 0.3 is 0 Å². The molecule has 1 aromatic rings. The first-order chi connectivity index (χ1) is 9.32. The highest BCUT2D eigenvalue weighted by Crippen LogP contribution is 2.27. The van der Waals surface area contributed by atoms with Gasteiger partial charge in [-0.1, -0.05) is 12.1 Å². The van der Waals surface area contributed by atoms with E-state index in [9.17, 15) is 18.0 Å². The topological polar surface area (TPSA) is 71.5 Å². The van der Waals surface area contributed by atoms with Crippen LogP contribution in [0.15, 0.2) is 24.3 Å². The van der Waals surface area contributed by atoms with E-state index in [1.807, 2.05) is 0 Å². The van der Waals surface area contributed by atoms with Gasteiger partial charge in [-0.3, -0.25) is 9.59 Å². The van der Waals surface area contributed by atoms with Crippen molar-refractivity contribution in [2.75, 3.05) is 17.7 Å². The molecule has 0 N–H and O–H groups in total. The molecule has 20 heavy (non-hydrogen) atoms. The van der Waals surface area contributed by atoms with Gasteiger partial charge in [-0.25, -0.2) is 8.42 Å². The molecule has 0 aliphatic carbocycles. The number of hydrogen-bond acceptors (Lipinski definition) is 4. The third-order valence-electron chi connectivity index (χ3n) is 3.54. The quantitative estimate of drug-likeness (QED) is 0.827. The number of carbonyl (C=O) groups excluding carboxylic acids is 2. The van der Waals surface area contributed by atoms with Gasteiger partial charge in [0.1, 0.15) is 5.25 Å². The second-order valence-electron chi connectivity index (χ2n) is 5.01. The van der Waals surface area contributed by atoms with Crippen molar-refractivity contribution >= 4 is 27.2 Å². The number of sulfone groups is 1. The Morgan fingerprint density at radius 2 is 1.95 bits per heavy atom. The van der Waals surface area contributed by atoms with Crippen molar-refractivity contribution in [3.63, 3.8) is 0 Å². The van der Waals surface area contributed by atoms with Gasteiger partial charge in [-0.2, -0.15) is 0 Å². The number of rotatable bonds is 2. The van der Waals surface area contributed by atoms with Gasteiger partial charge in [0.15, 0.2) is 15.6 Å². The van der Waals surface area contributed by atoms with Gasteiger partial charge in [0, 0.05) is 24.8 Å². The predicted octanol–water partition coefficient (Wildman–Crippen LogP) is 1.43. The lowest BCUT2D eigenvalue weighted by Gasteiger charge is -2.25. The zero-order chi connectivity index (χ0) is 14.9. The lowest BCUT2D eigenvalue weighted by atomic mass is 10.1. The Labute approximate surface area is 118 Å². The van der Waals surface area contributed by atoms with Gasteiger partial charge < -0.3 is 4.90 Å². The second kappa shape index (κ2) is 5.36. The van der Waals surface area contributed by atoms with Crippen LogP contribution in [0.2, 0.25) is 0 Å². The van der Waals surface area contributed by atoms with Crippen LogP contribution >= 0.6 is 0 Å². The summed E-state index contributed by atoms with van der Waals surface area (Å²) >= 11 is 0. The minimum atomic E-state index is -3.46. The number of ketones is 1. The molecule has 0 fully saturated rings. The summed E-state index contributed by atoms with van der Waals surface area (Å²) in [5, 5.41) is -1.11. The first-order valence-electron chi connectivity index (χ1n) is 6.45. The van der Waals surface area contributed by atoms with Gasteiger partial charge in [-0.15, -0.1) is 0 Å². The van der Waals surface area contributed by atoms with E-state index >= 15 is 0 Å². The van der Waals surface area contributed by atoms with E-state index in [2.05, 4.69) is 0 Å². The first-order valence-corrected chi connectivity index (χ1v) is 8.40. The lowest BCUT2D eigenvalue weighted by molar-refractivity contribution is -0.118. The Balaban J connectivity index is 2.45. The van der Waals surface area contributed by atoms with E-state index in [0.717, 1.165) is 6.26 Å². The number of carbonyl (C=O) groups is 2. The van der Waals surface area contributed by atoms with Crippen molar-refractivity contribution in [3.05, 3.63) is 29.8 Å². The van der Waals surface area contributed by atoms with Crippen LogP contribution in [0.5, 0.6) is 0 Å². The molecule has 1 amide bonds. The van der Waals surface area contributed by atoms with Crippen molar-refractivity contribution in [1.29, 1.82) is 0 Å². The number of anilines is 1. The van der Waals surface area contributed by atoms with Crippen LogP contribution in [0.4, 0.5) is 5.69 Å². The summed E-state index contributed by atoms with van der Waals surface area (Å²) < 4.78 is 23.1. The van der Waals surface area contributed by atoms with Gasteiger partial charge in [0.2, 0.25) is 5.91 Å². The molecule has 1 unspecified atom stereocenters. The average Bonchev–Trinajstić information content (AvgIpc) is 2.56. The molecular formula is C14H17NO4S. The fraction of sp³-hybridized carbons (Fsp3) is 0.429. The van der Waals surface area contributed by atoms with Crippen molar-refractivity contribution in [1.82, 2.24) is 0 Å². The molecule has 0 spiro atoms. The van der Waals surface area contributed by atoms with Crippen LogP contribution in [0, 0.1) is 0 Å². The number of fused-ring (bicyclic) bond motifs is 1. The maximum Gasteiger partial charge on any atom is 0.245 e. The summed E-state index contributed by atoms with van der Waals surface area (Å²) in [4.78, 5) is 25.8. The Morgan fingerprint density at radius 1 is 1.30 bits per heavy atom. The largest absolute Gasteiger partial charge is 0.311 e. The molecular weight excluding hydrogens is 278 g/mol. The number of nitrogens with zero attached hydrogens (tertiary/aromatic N) is 1. The van der Waals surface area contributed by atoms with Crippen molar-refractivity contribution < 1.29 is 18.0 Å². The number of hydrogen-bond donors (Lipinski definition) is 0. The maximum atomic E-state index is 12.4. The molecule has 0 saturated carbocycles. The summed E-state index contributed by atoms with van der Waals surface area (Å²) in [6, 6.07) is 6.84. The zero-order valence-corrected chi connectivity index (χ0v) is 12.3. The predicted molar refractivity (Wildman–Crippen MR) is 76.7 cm³/mol. The maximum absolute atomic E-state index is 12.4. The van der Waals surface area contributed by atoms with Crippen molar-refractivity contribution in [2.45, 2.75) is 25.0 Å². The number of amides is 1. The van der Waals surface area contributed by atoms with Gasteiger partial charge in [0.05, 0.1) is 5.69 Å². The molecule has 0 bridgehead atoms. The molecule has 0 radical (unpaired) electrons. The summed E-state index contributed by atoms with van der Waals surface area (Å²) in [7, 11) is -3.46. The molecule has 2 rings (SSSR count). The minimum Gasteiger partial charge on any atom is -0.311 e. The summed E-state index contributed by atoms with van der Waals surface area (Å²) in [6.45, 7) is 1.74. The molecule has 1 atom stereocenters. The number of Topliss-reactive ketones (excluding diaryl/α,β-unsaturated/α-hetero) is 1. The molecule has 5 nitrogen and oxygen atoms in total. The van der Waals surface area contributed by atoms with Crippen molar-refractivity contribution in [2.24, 2.45) is 0 Å². The normalized spacial score (nSPS) is 17.3. The van der Waals surface area contributed by atoms with Crippen LogP contribution in [0.1, 0.15) is 30.1 Å². The standard InChI is InChI=1S/C14H17NO4S/c1-10(20(2,18)19)14(17)15-9-5-8-13(16)11-6-3-4-7-12(11)15/h3-4,6-7,10H,5,8-9H2,1-2H3. The van der Waals surface area contributed by atoms with E-state index < -0.39 is 21.0 Å². The van der Waals surface area contributed by atoms with Gasteiger partial charge in [0.25, 0.3) is 0 Å². The molecule has 1 heterocycles. The smallest absolute Gasteiger partial charge is 0.245 e. The summed E-state index contributed by atoms with van der Waals surface area (Å²) in [6.07, 6.45) is 1.95. The zero-order valence-electron chi connectivity index (χ0n) is 11.5. The van der Waals surface area contributed by atoms with E-state index in [1.54, 1.807) is 24.3 Å². The molecule has 6 heteroatoms. The fourth-order valence-corrected chi connectivity index (χ4v) is 2.72. The number of para-hydroxylation sites is 1. The molecule has 1 aliphatic heterocycles. The van der Waals surface area contributed by atoms with Gasteiger partial charge in [-0.05, 0) is 25.5 Å². The second-order valence-corrected chi connectivity index (χ2v) is 7.37. The molecule has 1 aliphatic rings. The Bertz CT molecular complexity index is 651. The van der Waals surface area contributed by atoms with E-state index in [0.29, 0.717) is 30.6 Å². The third-order valence-corrected chi connectivity index (χ3v) is 5.02. The van der Waals surface area contributed by atoms with Crippen molar-refractivity contribution in [3.8, 4) is 0 Å². The Kier molecular flexibility index (Phi) is 3.94. The lowest BCUT2D eigenvalue weighted by Crippen LogP contribution is -2.41. The van der Waals surface area contributed by atoms with Crippen LogP contribution < -0.4 is 4.90 Å². The fourth-order valence-electron chi connectivity index (χ4n) is 2.23. The minimum absolute atomic E-state index is 0.0112. The highest BCUT2D eigenvalue weighted by molar-refractivity contribution is 7.92. The highest BCUT2D eigenvalue weighted by atomic mass is 32.2. The molecule has 0 saturated heterocycles. The van der Waals surface area contributed by atoms with E-state index in [4.69, 9.17) is 0 Å². The summed E-state index contributed by atoms with van der Waals surface area (Å²) in [5.74, 6) is -0.488. The highest BCUT2D eigenvalue weighted by Gasteiger charge is 2.32. The first kappa shape index (κ1) is 14.7. The third kappa shape index (κ3) is 2.75. The Hall–Kier alpha value is -1.69. The number of benzene rings is 1. The SMILES string of the molecule is CC(C(=O)N1CCCC(=O)c2ccccc21)S(C)(=O)=O. The average molecular weight is 295 g/mol. The monoisotopic (exact) mass is 295 g/mol. The van der Waals surface area contributed by atoms with Crippen LogP contribution in [0.3, 0.4) is 0 Å². The molecule has 108 valence electrons. The molecule has 1 aromatic carbocycles. The van der Waals surface area contributed by atoms with Crippen LogP contribution in [0.25, 0.3) is 0 Å². The van der Waals surface area contributed by atoms with E-state index in [1.165, 1.54) is 11.8 Å². The van der Waals surface area contributed by atoms with Crippen LogP contribution in [-0.2, 0) is 14.6 Å². The summed E-state index contributed by atoms with van der Waals surface area (Å²) in [5.41, 5.74) is 0.995.